The van der Waals surface area contributed by atoms with E-state index in [1.54, 1.807) is 12.1 Å². The lowest BCUT2D eigenvalue weighted by Crippen LogP contribution is -2.37. The molecule has 0 unspecified atom stereocenters. The molecule has 1 aliphatic heterocycles. The molecule has 34 heavy (non-hydrogen) atoms. The maximum Gasteiger partial charge on any atom is 0.349 e. The molecule has 5 rings (SSSR count). The summed E-state index contributed by atoms with van der Waals surface area (Å²) in [5, 5.41) is 4.51. The molecular weight excluding hydrogens is 455 g/mol. The van der Waals surface area contributed by atoms with Gasteiger partial charge in [0.05, 0.1) is 11.6 Å². The first-order chi connectivity index (χ1) is 16.5. The molecule has 8 heteroatoms. The van der Waals surface area contributed by atoms with Crippen LogP contribution in [0.15, 0.2) is 54.6 Å². The summed E-state index contributed by atoms with van der Waals surface area (Å²) in [6.07, 6.45) is 0.260. The Hall–Kier alpha value is -3.36. The average molecular weight is 479 g/mol. The second-order valence-electron chi connectivity index (χ2n) is 8.38. The van der Waals surface area contributed by atoms with Crippen LogP contribution in [0.4, 0.5) is 4.39 Å². The maximum atomic E-state index is 14.6. The minimum atomic E-state index is -1.42. The Morgan fingerprint density at radius 3 is 2.85 bits per heavy atom. The summed E-state index contributed by atoms with van der Waals surface area (Å²) < 4.78 is 25.7. The number of hydrogen-bond donors (Lipinski definition) is 1. The van der Waals surface area contributed by atoms with Crippen molar-refractivity contribution in [2.75, 3.05) is 13.2 Å². The van der Waals surface area contributed by atoms with Crippen molar-refractivity contribution in [3.63, 3.8) is 0 Å². The molecule has 1 N–H and O–H groups in total. The molecule has 2 aromatic heterocycles. The quantitative estimate of drug-likeness (QED) is 0.391. The predicted octanol–water partition coefficient (Wildman–Crippen LogP) is 5.09. The van der Waals surface area contributed by atoms with Gasteiger partial charge >= 0.3 is 5.97 Å². The van der Waals surface area contributed by atoms with Crippen LogP contribution in [0.2, 0.25) is 0 Å². The predicted molar refractivity (Wildman–Crippen MR) is 128 cm³/mol. The van der Waals surface area contributed by atoms with Gasteiger partial charge in [0, 0.05) is 29.5 Å². The molecule has 1 fully saturated rings. The molecule has 0 radical (unpaired) electrons. The molecule has 0 bridgehead atoms. The van der Waals surface area contributed by atoms with Crippen molar-refractivity contribution in [3.05, 3.63) is 76.4 Å². The molecular formula is C26H23FN2O4S. The standard InChI is InChI=1S/C26H23FN2O4S/c1-15-8-9-16-12-17-13-22(34-25(17)29-21(16)11-15)26(31)33-23(19-6-2-3-7-20(19)27)24(30)28-14-18-5-4-10-32-18/h2-3,6-9,11-13,18,23H,4-5,10,14H2,1H3,(H,28,30)/t18-,23+/m1/s1. The number of amides is 1. The molecule has 174 valence electrons. The smallest absolute Gasteiger partial charge is 0.349 e. The summed E-state index contributed by atoms with van der Waals surface area (Å²) in [7, 11) is 0. The monoisotopic (exact) mass is 478 g/mol. The normalized spacial score (nSPS) is 16.6. The minimum Gasteiger partial charge on any atom is -0.443 e. The number of pyridine rings is 1. The number of halogens is 1. The highest BCUT2D eigenvalue weighted by Crippen LogP contribution is 2.30. The first-order valence-corrected chi connectivity index (χ1v) is 12.0. The van der Waals surface area contributed by atoms with Crippen LogP contribution >= 0.6 is 11.3 Å². The van der Waals surface area contributed by atoms with E-state index >= 15 is 0 Å². The van der Waals surface area contributed by atoms with Crippen molar-refractivity contribution in [1.29, 1.82) is 0 Å². The van der Waals surface area contributed by atoms with Gasteiger partial charge in [0.25, 0.3) is 5.91 Å². The first kappa shape index (κ1) is 22.4. The van der Waals surface area contributed by atoms with Crippen molar-refractivity contribution >= 4 is 44.3 Å². The Morgan fingerprint density at radius 1 is 1.21 bits per heavy atom. The fourth-order valence-corrected chi connectivity index (χ4v) is 4.97. The fourth-order valence-electron chi connectivity index (χ4n) is 4.06. The molecule has 1 amide bonds. The minimum absolute atomic E-state index is 0.00106. The van der Waals surface area contributed by atoms with Crippen molar-refractivity contribution < 1.29 is 23.5 Å². The van der Waals surface area contributed by atoms with Crippen LogP contribution in [0.25, 0.3) is 21.1 Å². The lowest BCUT2D eigenvalue weighted by molar-refractivity contribution is -0.131. The van der Waals surface area contributed by atoms with Gasteiger partial charge in [-0.15, -0.1) is 11.3 Å². The van der Waals surface area contributed by atoms with Crippen molar-refractivity contribution in [1.82, 2.24) is 10.3 Å². The van der Waals surface area contributed by atoms with Gasteiger partial charge in [0.2, 0.25) is 6.10 Å². The Labute approximate surface area is 199 Å². The van der Waals surface area contributed by atoms with E-state index in [0.717, 1.165) is 34.7 Å². The average Bonchev–Trinajstić information content (AvgIpc) is 3.49. The highest BCUT2D eigenvalue weighted by Gasteiger charge is 2.30. The number of benzene rings is 2. The van der Waals surface area contributed by atoms with E-state index in [9.17, 15) is 14.0 Å². The van der Waals surface area contributed by atoms with E-state index in [0.29, 0.717) is 16.3 Å². The van der Waals surface area contributed by atoms with E-state index in [4.69, 9.17) is 9.47 Å². The SMILES string of the molecule is Cc1ccc2cc3cc(C(=O)O[C@H](C(=O)NC[C@H]4CCCO4)c4ccccc4F)sc3nc2c1. The summed E-state index contributed by atoms with van der Waals surface area (Å²) >= 11 is 1.18. The number of esters is 1. The number of nitrogens with one attached hydrogen (secondary N) is 1. The van der Waals surface area contributed by atoms with Crippen molar-refractivity contribution in [2.24, 2.45) is 0 Å². The van der Waals surface area contributed by atoms with Crippen LogP contribution < -0.4 is 5.32 Å². The molecule has 0 spiro atoms. The highest BCUT2D eigenvalue weighted by molar-refractivity contribution is 7.20. The van der Waals surface area contributed by atoms with Gasteiger partial charge in [-0.3, -0.25) is 4.79 Å². The highest BCUT2D eigenvalue weighted by atomic mass is 32.1. The summed E-state index contributed by atoms with van der Waals surface area (Å²) in [5.41, 5.74) is 1.94. The van der Waals surface area contributed by atoms with Crippen LogP contribution in [0.1, 0.15) is 39.7 Å². The zero-order chi connectivity index (χ0) is 23.7. The van der Waals surface area contributed by atoms with Crippen LogP contribution in [-0.2, 0) is 14.3 Å². The van der Waals surface area contributed by atoms with E-state index in [2.05, 4.69) is 10.3 Å². The van der Waals surface area contributed by atoms with E-state index in [-0.39, 0.29) is 18.2 Å². The van der Waals surface area contributed by atoms with Gasteiger partial charge in [-0.2, -0.15) is 0 Å². The fraction of sp³-hybridized carbons (Fsp3) is 0.269. The van der Waals surface area contributed by atoms with E-state index in [1.807, 2.05) is 31.2 Å². The second-order valence-corrected chi connectivity index (χ2v) is 9.41. The number of carbonyl (C=O) groups is 2. The summed E-state index contributed by atoms with van der Waals surface area (Å²) in [6, 6.07) is 15.4. The van der Waals surface area contributed by atoms with Gasteiger partial charge in [-0.05, 0) is 49.6 Å². The third-order valence-electron chi connectivity index (χ3n) is 5.84. The van der Waals surface area contributed by atoms with Crippen LogP contribution in [0.3, 0.4) is 0 Å². The lowest BCUT2D eigenvalue weighted by Gasteiger charge is -2.19. The van der Waals surface area contributed by atoms with E-state index < -0.39 is 23.8 Å². The summed E-state index contributed by atoms with van der Waals surface area (Å²) in [6.45, 7) is 2.93. The lowest BCUT2D eigenvalue weighted by atomic mass is 10.1. The van der Waals surface area contributed by atoms with Crippen molar-refractivity contribution in [3.8, 4) is 0 Å². The molecule has 1 saturated heterocycles. The van der Waals surface area contributed by atoms with Gasteiger partial charge < -0.3 is 14.8 Å². The molecule has 4 aromatic rings. The topological polar surface area (TPSA) is 77.5 Å². The zero-order valence-electron chi connectivity index (χ0n) is 18.5. The maximum absolute atomic E-state index is 14.6. The Balaban J connectivity index is 1.41. The van der Waals surface area contributed by atoms with Gasteiger partial charge in [0.15, 0.2) is 0 Å². The Morgan fingerprint density at radius 2 is 2.06 bits per heavy atom. The van der Waals surface area contributed by atoms with E-state index in [1.165, 1.54) is 29.5 Å². The molecule has 0 aliphatic carbocycles. The molecule has 3 heterocycles. The number of hydrogen-bond acceptors (Lipinski definition) is 6. The summed E-state index contributed by atoms with van der Waals surface area (Å²) in [4.78, 5) is 31.7. The first-order valence-electron chi connectivity index (χ1n) is 11.1. The van der Waals surface area contributed by atoms with Crippen LogP contribution in [-0.4, -0.2) is 36.1 Å². The molecule has 2 atom stereocenters. The summed E-state index contributed by atoms with van der Waals surface area (Å²) in [5.74, 6) is -1.91. The number of aryl methyl sites for hydroxylation is 1. The zero-order valence-corrected chi connectivity index (χ0v) is 19.4. The Bertz CT molecular complexity index is 1380. The van der Waals surface area contributed by atoms with Crippen LogP contribution in [0.5, 0.6) is 0 Å². The molecule has 2 aromatic carbocycles. The van der Waals surface area contributed by atoms with Crippen molar-refractivity contribution in [2.45, 2.75) is 32.0 Å². The number of fused-ring (bicyclic) bond motifs is 2. The number of carbonyl (C=O) groups excluding carboxylic acids is 2. The van der Waals surface area contributed by atoms with Gasteiger partial charge in [-0.25, -0.2) is 14.2 Å². The number of thiophene rings is 1. The third kappa shape index (κ3) is 4.64. The number of ether oxygens (including phenoxy) is 2. The van der Waals surface area contributed by atoms with Gasteiger partial charge in [0.1, 0.15) is 15.5 Å². The molecule has 6 nitrogen and oxygen atoms in total. The largest absolute Gasteiger partial charge is 0.443 e. The molecule has 0 saturated carbocycles. The Kier molecular flexibility index (Phi) is 6.26. The van der Waals surface area contributed by atoms with Gasteiger partial charge in [-0.1, -0.05) is 30.3 Å². The number of nitrogens with zero attached hydrogens (tertiary/aromatic N) is 1. The molecule has 1 aliphatic rings. The second kappa shape index (κ2) is 9.48. The number of rotatable bonds is 6. The number of aromatic nitrogens is 1. The third-order valence-corrected chi connectivity index (χ3v) is 6.86. The van der Waals surface area contributed by atoms with Crippen LogP contribution in [0, 0.1) is 12.7 Å².